The first-order chi connectivity index (χ1) is 8.97. The number of hydrogen-bond acceptors (Lipinski definition) is 1. The van der Waals surface area contributed by atoms with E-state index in [1.807, 2.05) is 25.2 Å². The highest BCUT2D eigenvalue weighted by Gasteiger charge is 2.07. The average molecular weight is 261 g/mol. The van der Waals surface area contributed by atoms with Crippen molar-refractivity contribution in [3.8, 4) is 0 Å². The van der Waals surface area contributed by atoms with Gasteiger partial charge in [0.2, 0.25) is 0 Å². The standard InChI is InChI=1S/C17H27NO/c1-7-10-16(11-8-2)14(4)12-13-15(9-3)17(19)18(5)6/h9-10,12-13H,4,7-8,11H2,1-3,5-6H3/b13-12-,15-9+,16-10+. The molecule has 0 heterocycles. The summed E-state index contributed by atoms with van der Waals surface area (Å²) in [5.41, 5.74) is 2.96. The Labute approximate surface area is 118 Å². The van der Waals surface area contributed by atoms with E-state index in [-0.39, 0.29) is 5.91 Å². The molecule has 0 bridgehead atoms. The van der Waals surface area contributed by atoms with Crippen molar-refractivity contribution in [2.75, 3.05) is 14.1 Å². The van der Waals surface area contributed by atoms with Crippen LogP contribution in [0.4, 0.5) is 0 Å². The number of hydrogen-bond donors (Lipinski definition) is 0. The lowest BCUT2D eigenvalue weighted by molar-refractivity contribution is -0.124. The maximum Gasteiger partial charge on any atom is 0.252 e. The van der Waals surface area contributed by atoms with Crippen molar-refractivity contribution in [3.05, 3.63) is 47.6 Å². The van der Waals surface area contributed by atoms with Gasteiger partial charge in [-0.05, 0) is 37.0 Å². The minimum Gasteiger partial charge on any atom is -0.345 e. The van der Waals surface area contributed by atoms with E-state index in [0.717, 1.165) is 24.8 Å². The number of likely N-dealkylation sites (N-methyl/N-ethyl adjacent to an activating group) is 1. The van der Waals surface area contributed by atoms with Crippen LogP contribution < -0.4 is 0 Å². The highest BCUT2D eigenvalue weighted by atomic mass is 16.2. The van der Waals surface area contributed by atoms with Crippen LogP contribution in [0.25, 0.3) is 0 Å². The summed E-state index contributed by atoms with van der Waals surface area (Å²) in [6.07, 6.45) is 11.0. The third-order valence-corrected chi connectivity index (χ3v) is 2.81. The van der Waals surface area contributed by atoms with E-state index in [9.17, 15) is 4.79 Å². The van der Waals surface area contributed by atoms with Crippen molar-refractivity contribution in [3.63, 3.8) is 0 Å². The number of allylic oxidation sites excluding steroid dienone is 5. The summed E-state index contributed by atoms with van der Waals surface area (Å²) < 4.78 is 0. The van der Waals surface area contributed by atoms with Gasteiger partial charge in [-0.3, -0.25) is 4.79 Å². The van der Waals surface area contributed by atoms with E-state index in [0.29, 0.717) is 5.57 Å². The molecule has 0 saturated heterocycles. The molecule has 0 unspecified atom stereocenters. The molecule has 0 fully saturated rings. The molecule has 0 aliphatic heterocycles. The molecule has 0 aliphatic rings. The first-order valence-corrected chi connectivity index (χ1v) is 6.92. The number of carbonyl (C=O) groups excluding carboxylic acids is 1. The normalized spacial score (nSPS) is 12.9. The predicted octanol–water partition coefficient (Wildman–Crippen LogP) is 4.27. The Bertz CT molecular complexity index is 397. The summed E-state index contributed by atoms with van der Waals surface area (Å²) in [7, 11) is 3.52. The molecule has 0 aromatic rings. The zero-order valence-corrected chi connectivity index (χ0v) is 13.0. The van der Waals surface area contributed by atoms with Crippen LogP contribution in [0, 0.1) is 0 Å². The molecule has 0 aliphatic carbocycles. The van der Waals surface area contributed by atoms with Crippen LogP contribution in [0.1, 0.15) is 40.0 Å². The van der Waals surface area contributed by atoms with E-state index in [1.165, 1.54) is 5.57 Å². The quantitative estimate of drug-likeness (QED) is 0.495. The number of nitrogens with zero attached hydrogens (tertiary/aromatic N) is 1. The number of rotatable bonds is 7. The van der Waals surface area contributed by atoms with Gasteiger partial charge >= 0.3 is 0 Å². The average Bonchev–Trinajstić information content (AvgIpc) is 2.38. The van der Waals surface area contributed by atoms with Crippen LogP contribution in [0.3, 0.4) is 0 Å². The Balaban J connectivity index is 4.91. The topological polar surface area (TPSA) is 20.3 Å². The summed E-state index contributed by atoms with van der Waals surface area (Å²) in [5, 5.41) is 0. The molecule has 0 radical (unpaired) electrons. The zero-order chi connectivity index (χ0) is 14.8. The summed E-state index contributed by atoms with van der Waals surface area (Å²) in [6.45, 7) is 10.3. The fraction of sp³-hybridized carbons (Fsp3) is 0.471. The molecule has 1 amide bonds. The van der Waals surface area contributed by atoms with Crippen molar-refractivity contribution in [2.45, 2.75) is 40.0 Å². The lowest BCUT2D eigenvalue weighted by atomic mass is 10.0. The smallest absolute Gasteiger partial charge is 0.252 e. The zero-order valence-electron chi connectivity index (χ0n) is 13.0. The van der Waals surface area contributed by atoms with E-state index in [1.54, 1.807) is 19.0 Å². The Morgan fingerprint density at radius 1 is 1.21 bits per heavy atom. The first kappa shape index (κ1) is 17.4. The Morgan fingerprint density at radius 3 is 2.26 bits per heavy atom. The molecule has 2 heteroatoms. The Morgan fingerprint density at radius 2 is 1.84 bits per heavy atom. The lowest BCUT2D eigenvalue weighted by Crippen LogP contribution is -2.22. The summed E-state index contributed by atoms with van der Waals surface area (Å²) >= 11 is 0. The highest BCUT2D eigenvalue weighted by Crippen LogP contribution is 2.17. The van der Waals surface area contributed by atoms with E-state index < -0.39 is 0 Å². The number of amides is 1. The third-order valence-electron chi connectivity index (χ3n) is 2.81. The molecule has 0 spiro atoms. The van der Waals surface area contributed by atoms with Gasteiger partial charge in [0.15, 0.2) is 0 Å². The van der Waals surface area contributed by atoms with Crippen molar-refractivity contribution in [1.29, 1.82) is 0 Å². The monoisotopic (exact) mass is 261 g/mol. The maximum absolute atomic E-state index is 11.9. The van der Waals surface area contributed by atoms with Crippen LogP contribution in [0.2, 0.25) is 0 Å². The predicted molar refractivity (Wildman–Crippen MR) is 84.0 cm³/mol. The van der Waals surface area contributed by atoms with Crippen molar-refractivity contribution in [1.82, 2.24) is 4.90 Å². The fourth-order valence-electron chi connectivity index (χ4n) is 1.76. The molecule has 0 rings (SSSR count). The highest BCUT2D eigenvalue weighted by molar-refractivity contribution is 5.95. The minimum absolute atomic E-state index is 0.0167. The summed E-state index contributed by atoms with van der Waals surface area (Å²) in [6, 6.07) is 0. The van der Waals surface area contributed by atoms with E-state index in [2.05, 4.69) is 26.5 Å². The SMILES string of the molecule is C=C(/C=C\C(=C/C)C(=O)N(C)C)/C(=C/CC)CCC. The van der Waals surface area contributed by atoms with Crippen molar-refractivity contribution in [2.24, 2.45) is 0 Å². The van der Waals surface area contributed by atoms with Gasteiger partial charge in [-0.2, -0.15) is 0 Å². The van der Waals surface area contributed by atoms with Gasteiger partial charge in [0, 0.05) is 19.7 Å². The van der Waals surface area contributed by atoms with Crippen LogP contribution in [-0.2, 0) is 4.79 Å². The first-order valence-electron chi connectivity index (χ1n) is 6.92. The largest absolute Gasteiger partial charge is 0.345 e. The molecule has 2 nitrogen and oxygen atoms in total. The second-order valence-electron chi connectivity index (χ2n) is 4.69. The maximum atomic E-state index is 11.9. The third kappa shape index (κ3) is 6.23. The van der Waals surface area contributed by atoms with Gasteiger partial charge in [0.25, 0.3) is 5.91 Å². The molecule has 0 atom stereocenters. The molecule has 0 aromatic carbocycles. The van der Waals surface area contributed by atoms with Gasteiger partial charge < -0.3 is 4.90 Å². The molecule has 0 N–H and O–H groups in total. The van der Waals surface area contributed by atoms with Gasteiger partial charge in [0.1, 0.15) is 0 Å². The van der Waals surface area contributed by atoms with Gasteiger partial charge in [-0.25, -0.2) is 0 Å². The van der Waals surface area contributed by atoms with Crippen LogP contribution >= 0.6 is 0 Å². The fourth-order valence-corrected chi connectivity index (χ4v) is 1.76. The van der Waals surface area contributed by atoms with E-state index >= 15 is 0 Å². The molecule has 0 saturated carbocycles. The second-order valence-corrected chi connectivity index (χ2v) is 4.69. The van der Waals surface area contributed by atoms with E-state index in [4.69, 9.17) is 0 Å². The van der Waals surface area contributed by atoms with Gasteiger partial charge in [-0.15, -0.1) is 0 Å². The van der Waals surface area contributed by atoms with Gasteiger partial charge in [0.05, 0.1) is 0 Å². The van der Waals surface area contributed by atoms with Crippen molar-refractivity contribution < 1.29 is 4.79 Å². The molecule has 0 aromatic heterocycles. The molecular weight excluding hydrogens is 234 g/mol. The molecular formula is C17H27NO. The van der Waals surface area contributed by atoms with Crippen LogP contribution in [0.5, 0.6) is 0 Å². The lowest BCUT2D eigenvalue weighted by Gasteiger charge is -2.11. The summed E-state index contributed by atoms with van der Waals surface area (Å²) in [4.78, 5) is 13.5. The Hall–Kier alpha value is -1.57. The van der Waals surface area contributed by atoms with Crippen LogP contribution in [-0.4, -0.2) is 24.9 Å². The second kappa shape index (κ2) is 9.37. The number of carbonyl (C=O) groups is 1. The van der Waals surface area contributed by atoms with Crippen LogP contribution in [0.15, 0.2) is 47.6 Å². The Kier molecular flexibility index (Phi) is 8.60. The summed E-state index contributed by atoms with van der Waals surface area (Å²) in [5.74, 6) is 0.0167. The van der Waals surface area contributed by atoms with Gasteiger partial charge in [-0.1, -0.05) is 45.1 Å². The minimum atomic E-state index is 0.0167. The molecule has 106 valence electrons. The van der Waals surface area contributed by atoms with Crippen molar-refractivity contribution >= 4 is 5.91 Å². The molecule has 19 heavy (non-hydrogen) atoms.